The van der Waals surface area contributed by atoms with Crippen LogP contribution < -0.4 is 0 Å². The Morgan fingerprint density at radius 2 is 1.79 bits per heavy atom. The van der Waals surface area contributed by atoms with Gasteiger partial charge in [0.2, 0.25) is 0 Å². The van der Waals surface area contributed by atoms with E-state index in [-0.39, 0.29) is 16.2 Å². The van der Waals surface area contributed by atoms with E-state index in [4.69, 9.17) is 15.1 Å². The van der Waals surface area contributed by atoms with Crippen molar-refractivity contribution in [2.75, 3.05) is 0 Å². The lowest BCUT2D eigenvalue weighted by atomic mass is 9.82. The number of H-pyrrole nitrogens is 1. The fourth-order valence-corrected chi connectivity index (χ4v) is 5.21. The zero-order chi connectivity index (χ0) is 27.6. The summed E-state index contributed by atoms with van der Waals surface area (Å²) >= 11 is 0. The highest BCUT2D eigenvalue weighted by Gasteiger charge is 2.32. The molecule has 0 radical (unpaired) electrons. The number of hydrogen-bond acceptors (Lipinski definition) is 8. The summed E-state index contributed by atoms with van der Waals surface area (Å²) < 4.78 is 3.84. The molecule has 6 aromatic rings. The van der Waals surface area contributed by atoms with Crippen LogP contribution in [0.5, 0.6) is 0 Å². The van der Waals surface area contributed by atoms with E-state index >= 15 is 0 Å². The van der Waals surface area contributed by atoms with E-state index in [9.17, 15) is 0 Å². The topological polar surface area (TPSA) is 128 Å². The molecule has 0 aromatic carbocycles. The van der Waals surface area contributed by atoms with Crippen LogP contribution in [0.2, 0.25) is 0 Å². The number of aromatic amines is 1. The van der Waals surface area contributed by atoms with Gasteiger partial charge in [0.05, 0.1) is 47.7 Å². The van der Waals surface area contributed by atoms with Crippen LogP contribution in [-0.2, 0) is 29.2 Å². The lowest BCUT2D eigenvalue weighted by Gasteiger charge is -2.23. The van der Waals surface area contributed by atoms with Crippen LogP contribution >= 0.6 is 0 Å². The van der Waals surface area contributed by atoms with Gasteiger partial charge in [0.1, 0.15) is 11.8 Å². The largest absolute Gasteiger partial charge is 0.259 e. The zero-order valence-electron chi connectivity index (χ0n) is 23.4. The molecule has 0 saturated carbocycles. The van der Waals surface area contributed by atoms with Crippen molar-refractivity contribution in [3.05, 3.63) is 65.9 Å². The Balaban J connectivity index is 1.37. The summed E-state index contributed by atoms with van der Waals surface area (Å²) in [4.78, 5) is 14.2. The minimum Gasteiger partial charge on any atom is -0.259 e. The van der Waals surface area contributed by atoms with Crippen LogP contribution in [0.3, 0.4) is 0 Å². The first-order valence-electron chi connectivity index (χ1n) is 13.1. The van der Waals surface area contributed by atoms with Crippen molar-refractivity contribution in [2.45, 2.75) is 77.7 Å². The van der Waals surface area contributed by atoms with Crippen LogP contribution in [0.1, 0.15) is 71.1 Å². The van der Waals surface area contributed by atoms with Crippen molar-refractivity contribution in [1.29, 1.82) is 0 Å². The molecule has 0 aliphatic heterocycles. The fourth-order valence-electron chi connectivity index (χ4n) is 5.21. The summed E-state index contributed by atoms with van der Waals surface area (Å²) in [7, 11) is 0. The monoisotopic (exact) mass is 523 g/mol. The lowest BCUT2D eigenvalue weighted by molar-refractivity contribution is 0.400. The molecule has 6 rings (SSSR count). The standard InChI is InChI=1S/C28H33N11/c1-26(2,3)23-21-25(39(37-23)15-28(6,7)22-20-8-9-31-35-24(20)36-34-22)30-12-18(33-21)11-27(4,5)17-10-19-13-29-16-32-38(19)14-17/h8-10,12-14,16H,11,15H2,1-7H3,(H,34,35,36). The van der Waals surface area contributed by atoms with Gasteiger partial charge in [-0.3, -0.25) is 5.10 Å². The molecule has 6 heterocycles. The Kier molecular flexibility index (Phi) is 5.53. The van der Waals surface area contributed by atoms with Crippen molar-refractivity contribution in [2.24, 2.45) is 0 Å². The third-order valence-corrected chi connectivity index (χ3v) is 7.32. The van der Waals surface area contributed by atoms with Crippen LogP contribution in [0, 0.1) is 0 Å². The molecular weight excluding hydrogens is 490 g/mol. The maximum absolute atomic E-state index is 5.15. The second-order valence-corrected chi connectivity index (χ2v) is 12.6. The highest BCUT2D eigenvalue weighted by molar-refractivity contribution is 5.78. The number of nitrogens with one attached hydrogen (secondary N) is 1. The third-order valence-electron chi connectivity index (χ3n) is 7.32. The van der Waals surface area contributed by atoms with Crippen molar-refractivity contribution >= 4 is 27.7 Å². The molecule has 39 heavy (non-hydrogen) atoms. The molecule has 0 amide bonds. The van der Waals surface area contributed by atoms with E-state index in [0.717, 1.165) is 45.6 Å². The van der Waals surface area contributed by atoms with Gasteiger partial charge in [0.15, 0.2) is 11.3 Å². The number of nitrogens with zero attached hydrogens (tertiary/aromatic N) is 10. The van der Waals surface area contributed by atoms with E-state index in [2.05, 4.69) is 91.2 Å². The van der Waals surface area contributed by atoms with E-state index in [1.54, 1.807) is 12.5 Å². The molecule has 0 unspecified atom stereocenters. The minimum atomic E-state index is -0.349. The molecule has 0 bridgehead atoms. The second-order valence-electron chi connectivity index (χ2n) is 12.6. The van der Waals surface area contributed by atoms with Gasteiger partial charge in [-0.2, -0.15) is 20.4 Å². The Hall–Kier alpha value is -4.28. The molecule has 0 spiro atoms. The molecule has 0 aliphatic rings. The van der Waals surface area contributed by atoms with E-state index in [1.807, 2.05) is 27.7 Å². The molecule has 11 nitrogen and oxygen atoms in total. The SMILES string of the molecule is CC(C)(C)c1nn(CC(C)(C)c2n[nH]c3nnccc23)c2ncc(CC(C)(C)c3cc4cncnn4c3)nc12. The average Bonchev–Trinajstić information content (AvgIpc) is 3.59. The number of rotatable bonds is 6. The van der Waals surface area contributed by atoms with Gasteiger partial charge < -0.3 is 0 Å². The quantitative estimate of drug-likeness (QED) is 0.342. The normalized spacial score (nSPS) is 13.2. The average molecular weight is 524 g/mol. The van der Waals surface area contributed by atoms with E-state index in [0.29, 0.717) is 12.2 Å². The number of hydrogen-bond donors (Lipinski definition) is 1. The van der Waals surface area contributed by atoms with Gasteiger partial charge in [0.25, 0.3) is 0 Å². The van der Waals surface area contributed by atoms with Gasteiger partial charge in [-0.1, -0.05) is 48.5 Å². The van der Waals surface area contributed by atoms with Crippen molar-refractivity contribution in [3.63, 3.8) is 0 Å². The summed E-state index contributed by atoms with van der Waals surface area (Å²) in [6.07, 6.45) is 9.74. The predicted molar refractivity (Wildman–Crippen MR) is 148 cm³/mol. The number of fused-ring (bicyclic) bond motifs is 3. The lowest BCUT2D eigenvalue weighted by Crippen LogP contribution is -2.26. The van der Waals surface area contributed by atoms with Crippen LogP contribution in [-0.4, -0.2) is 54.7 Å². The molecule has 6 aromatic heterocycles. The van der Waals surface area contributed by atoms with Crippen molar-refractivity contribution < 1.29 is 0 Å². The Bertz CT molecular complexity index is 1780. The molecule has 0 atom stereocenters. The van der Waals surface area contributed by atoms with Crippen LogP contribution in [0.4, 0.5) is 0 Å². The van der Waals surface area contributed by atoms with Crippen molar-refractivity contribution in [3.8, 4) is 0 Å². The second kappa shape index (κ2) is 8.62. The molecule has 11 heteroatoms. The summed E-state index contributed by atoms with van der Waals surface area (Å²) in [6, 6.07) is 4.08. The maximum atomic E-state index is 5.15. The fraction of sp³-hybridized carbons (Fsp3) is 0.429. The Morgan fingerprint density at radius 1 is 0.974 bits per heavy atom. The first-order valence-corrected chi connectivity index (χ1v) is 13.1. The molecule has 1 N–H and O–H groups in total. The first kappa shape index (κ1) is 25.0. The highest BCUT2D eigenvalue weighted by Crippen LogP contribution is 2.34. The Morgan fingerprint density at radius 3 is 2.56 bits per heavy atom. The molecular formula is C28H33N11. The first-order chi connectivity index (χ1) is 18.4. The summed E-state index contributed by atoms with van der Waals surface area (Å²) in [5, 5.41) is 26.1. The summed E-state index contributed by atoms with van der Waals surface area (Å²) in [5.74, 6) is 0. The Labute approximate surface area is 226 Å². The van der Waals surface area contributed by atoms with Crippen molar-refractivity contribution in [1.82, 2.24) is 54.7 Å². The van der Waals surface area contributed by atoms with Gasteiger partial charge in [-0.25, -0.2) is 24.1 Å². The molecule has 0 fully saturated rings. The maximum Gasteiger partial charge on any atom is 0.178 e. The van der Waals surface area contributed by atoms with Gasteiger partial charge in [0, 0.05) is 28.8 Å². The summed E-state index contributed by atoms with van der Waals surface area (Å²) in [5.41, 5.74) is 6.49. The smallest absolute Gasteiger partial charge is 0.178 e. The van der Waals surface area contributed by atoms with Gasteiger partial charge >= 0.3 is 0 Å². The minimum absolute atomic E-state index is 0.181. The third kappa shape index (κ3) is 4.41. The van der Waals surface area contributed by atoms with Crippen LogP contribution in [0.25, 0.3) is 27.7 Å². The molecule has 200 valence electrons. The number of aromatic nitrogens is 11. The zero-order valence-corrected chi connectivity index (χ0v) is 23.4. The van der Waals surface area contributed by atoms with E-state index in [1.165, 1.54) is 5.56 Å². The van der Waals surface area contributed by atoms with Crippen LogP contribution in [0.15, 0.2) is 43.2 Å². The van der Waals surface area contributed by atoms with Gasteiger partial charge in [-0.05, 0) is 23.1 Å². The molecule has 0 aliphatic carbocycles. The summed E-state index contributed by atoms with van der Waals surface area (Å²) in [6.45, 7) is 15.8. The van der Waals surface area contributed by atoms with E-state index < -0.39 is 0 Å². The molecule has 0 saturated heterocycles. The predicted octanol–water partition coefficient (Wildman–Crippen LogP) is 4.33. The van der Waals surface area contributed by atoms with Gasteiger partial charge in [-0.15, -0.1) is 5.10 Å². The highest BCUT2D eigenvalue weighted by atomic mass is 15.3.